The van der Waals surface area contributed by atoms with Gasteiger partial charge >= 0.3 is 0 Å². The van der Waals surface area contributed by atoms with Crippen LogP contribution in [0.2, 0.25) is 0 Å². The average Bonchev–Trinajstić information content (AvgIpc) is 4.45. The molecule has 0 saturated carbocycles. The van der Waals surface area contributed by atoms with Crippen molar-refractivity contribution in [2.24, 2.45) is 0 Å². The predicted molar refractivity (Wildman–Crippen MR) is 335 cm³/mol. The summed E-state index contributed by atoms with van der Waals surface area (Å²) in [6.45, 7) is 12.9. The Morgan fingerprint density at radius 3 is 0.675 bits per heavy atom. The van der Waals surface area contributed by atoms with Gasteiger partial charge in [-0.05, 0) is 154 Å². The van der Waals surface area contributed by atoms with E-state index >= 15 is 0 Å². The van der Waals surface area contributed by atoms with Crippen molar-refractivity contribution in [2.75, 3.05) is 7.11 Å². The Morgan fingerprint density at radius 2 is 0.450 bits per heavy atom. The van der Waals surface area contributed by atoms with E-state index < -0.39 is 0 Å². The predicted octanol–water partition coefficient (Wildman–Crippen LogP) is 17.6. The molecule has 0 N–H and O–H groups in total. The molecule has 15 aromatic rings. The lowest BCUT2D eigenvalue weighted by molar-refractivity contribution is 0.415. The minimum Gasteiger partial charge on any atom is -0.497 e. The van der Waals surface area contributed by atoms with Crippen molar-refractivity contribution in [3.05, 3.63) is 180 Å². The largest absolute Gasteiger partial charge is 0.497 e. The fourth-order valence-electron chi connectivity index (χ4n) is 9.56. The number of aromatic nitrogens is 11. The van der Waals surface area contributed by atoms with E-state index in [9.17, 15) is 0 Å². The first-order valence-corrected chi connectivity index (χ1v) is 30.3. The first kappa shape index (κ1) is 51.2. The monoisotopic (exact) mass is 1150 g/mol. The highest BCUT2D eigenvalue weighted by molar-refractivity contribution is 7.25. The number of fused-ring (bicyclic) bond motifs is 6. The summed E-state index contributed by atoms with van der Waals surface area (Å²) in [5.74, 6) is 0.852. The zero-order chi connectivity index (χ0) is 54.6. The van der Waals surface area contributed by atoms with E-state index in [0.717, 1.165) is 108 Å². The maximum Gasteiger partial charge on any atom is 0.124 e. The number of thiazole rings is 6. The second-order valence-electron chi connectivity index (χ2n) is 18.8. The van der Waals surface area contributed by atoms with Crippen LogP contribution in [-0.4, -0.2) is 61.9 Å². The van der Waals surface area contributed by atoms with Crippen LogP contribution in [0.5, 0.6) is 5.75 Å². The number of nitrogens with zero attached hydrogens (tertiary/aromatic N) is 11. The number of ether oxygens (including phenoxy) is 1. The van der Waals surface area contributed by atoms with E-state index in [1.807, 2.05) is 135 Å². The second-order valence-corrected chi connectivity index (χ2v) is 24.8. The third-order valence-corrected chi connectivity index (χ3v) is 21.3. The van der Waals surface area contributed by atoms with E-state index in [1.165, 1.54) is 56.0 Å². The van der Waals surface area contributed by atoms with E-state index in [-0.39, 0.29) is 0 Å². The van der Waals surface area contributed by atoms with Crippen molar-refractivity contribution < 1.29 is 4.74 Å². The minimum atomic E-state index is 0.852. The van der Waals surface area contributed by atoms with Gasteiger partial charge in [-0.2, -0.15) is 0 Å². The Morgan fingerprint density at radius 1 is 0.250 bits per heavy atom. The van der Waals surface area contributed by atoms with Crippen LogP contribution in [0.1, 0.15) is 33.4 Å². The Bertz CT molecular complexity index is 4190. The zero-order valence-electron chi connectivity index (χ0n) is 44.1. The van der Waals surface area contributed by atoms with Gasteiger partial charge in [-0.1, -0.05) is 0 Å². The standard InChI is InChI=1S/C22H17N3OS2.2C20H14N4S2/c1-12-17-19(27-21(24-17)14-4-6-16(26-3)7-5-14)13(2)18-20(12)28-22(25-18)15-8-10-23-11-9-15;1-11-15-18(26-19(23-15)13-3-7-21-8-4-13)12(2)16-17(11)25-20(24-16)14-5-9-22-10-6-14;1-11-15-17(25-19(23-15)13-3-7-21-8-4-13)12(2)18-16(11)24-20(26-18)14-5-9-22-10-6-14/h4-11H,1-3H3;2*3-10H,1-2H3. The summed E-state index contributed by atoms with van der Waals surface area (Å²) >= 11 is 10.4. The SMILES string of the molecule is COc1ccc(-c2nc3c(C)c4sc(-c5ccncc5)nc4c(C)c3s2)cc1.Cc1c2nc(-c3ccncc3)sc2c(C)c2nc(-c3ccncc3)sc12.Cc1c2nc(-c3ccncc3)sc2c(C)c2sc(-c3ccncc3)nc12. The number of hydrogen-bond acceptors (Lipinski definition) is 18. The molecule has 12 nitrogen and oxygen atoms in total. The number of rotatable bonds is 7. The highest BCUT2D eigenvalue weighted by Crippen LogP contribution is 2.45. The van der Waals surface area contributed by atoms with Gasteiger partial charge in [-0.15, -0.1) is 68.0 Å². The molecule has 18 heteroatoms. The van der Waals surface area contributed by atoms with Gasteiger partial charge in [-0.3, -0.25) is 24.9 Å². The number of benzene rings is 4. The molecule has 0 unspecified atom stereocenters. The van der Waals surface area contributed by atoms with Gasteiger partial charge in [0.1, 0.15) is 35.8 Å². The number of methoxy groups -OCH3 is 1. The fraction of sp³-hybridized carbons (Fsp3) is 0.113. The van der Waals surface area contributed by atoms with Gasteiger partial charge in [-0.25, -0.2) is 29.9 Å². The van der Waals surface area contributed by atoms with Gasteiger partial charge < -0.3 is 4.74 Å². The molecular formula is C62H45N11OS6. The minimum absolute atomic E-state index is 0.852. The molecule has 0 spiro atoms. The Hall–Kier alpha value is -8.23. The molecule has 0 saturated heterocycles. The van der Waals surface area contributed by atoms with Gasteiger partial charge in [0, 0.05) is 101 Å². The van der Waals surface area contributed by atoms with Crippen LogP contribution in [0.4, 0.5) is 0 Å². The lowest BCUT2D eigenvalue weighted by Gasteiger charge is -2.00. The third kappa shape index (κ3) is 9.36. The van der Waals surface area contributed by atoms with Gasteiger partial charge in [0.25, 0.3) is 0 Å². The summed E-state index contributed by atoms with van der Waals surface area (Å²) in [6.07, 6.45) is 18.1. The molecule has 4 aromatic carbocycles. The van der Waals surface area contributed by atoms with Crippen LogP contribution in [-0.2, 0) is 0 Å². The summed E-state index contributed by atoms with van der Waals surface area (Å²) in [5.41, 5.74) is 20.3. The zero-order valence-corrected chi connectivity index (χ0v) is 49.0. The molecule has 11 heterocycles. The summed E-state index contributed by atoms with van der Waals surface area (Å²) in [7, 11) is 1.68. The van der Waals surface area contributed by atoms with E-state index in [4.69, 9.17) is 34.6 Å². The topological polar surface area (TPSA) is 151 Å². The maximum absolute atomic E-state index is 5.26. The van der Waals surface area contributed by atoms with E-state index in [2.05, 4.69) is 78.6 Å². The second kappa shape index (κ2) is 21.4. The average molecular weight is 1150 g/mol. The van der Waals surface area contributed by atoms with E-state index in [0.29, 0.717) is 0 Å². The van der Waals surface area contributed by atoms with Crippen molar-refractivity contribution >= 4 is 129 Å². The third-order valence-electron chi connectivity index (χ3n) is 13.9. The first-order valence-electron chi connectivity index (χ1n) is 25.4. The summed E-state index contributed by atoms with van der Waals surface area (Å²) in [5, 5.41) is 6.16. The Kier molecular flexibility index (Phi) is 13.7. The quantitative estimate of drug-likeness (QED) is 0.149. The molecule has 390 valence electrons. The Balaban J connectivity index is 0.000000113. The lowest BCUT2D eigenvalue weighted by Crippen LogP contribution is -1.84. The number of hydrogen-bond donors (Lipinski definition) is 0. The highest BCUT2D eigenvalue weighted by atomic mass is 32.1. The molecule has 0 radical (unpaired) electrons. The lowest BCUT2D eigenvalue weighted by atomic mass is 10.1. The molecule has 80 heavy (non-hydrogen) atoms. The highest BCUT2D eigenvalue weighted by Gasteiger charge is 2.22. The van der Waals surface area contributed by atoms with Gasteiger partial charge in [0.05, 0.1) is 68.4 Å². The molecule has 15 rings (SSSR count). The number of pyridine rings is 5. The van der Waals surface area contributed by atoms with Crippen LogP contribution >= 0.6 is 68.0 Å². The Labute approximate surface area is 483 Å². The summed E-state index contributed by atoms with van der Waals surface area (Å²) in [4.78, 5) is 50.1. The fourth-order valence-corrected chi connectivity index (χ4v) is 16.4. The van der Waals surface area contributed by atoms with Crippen LogP contribution < -0.4 is 4.74 Å². The van der Waals surface area contributed by atoms with Crippen LogP contribution in [0, 0.1) is 41.5 Å². The summed E-state index contributed by atoms with van der Waals surface area (Å²) < 4.78 is 12.6. The molecule has 0 aliphatic carbocycles. The van der Waals surface area contributed by atoms with Crippen LogP contribution in [0.25, 0.3) is 125 Å². The van der Waals surface area contributed by atoms with Gasteiger partial charge in [0.2, 0.25) is 0 Å². The maximum atomic E-state index is 5.26. The van der Waals surface area contributed by atoms with E-state index in [1.54, 1.807) is 75.1 Å². The molecule has 0 amide bonds. The van der Waals surface area contributed by atoms with Gasteiger partial charge in [0.15, 0.2) is 0 Å². The molecular weight excluding hydrogens is 1110 g/mol. The smallest absolute Gasteiger partial charge is 0.124 e. The molecule has 11 aromatic heterocycles. The van der Waals surface area contributed by atoms with Crippen LogP contribution in [0.15, 0.2) is 147 Å². The van der Waals surface area contributed by atoms with Crippen molar-refractivity contribution in [3.8, 4) is 69.2 Å². The molecule has 0 atom stereocenters. The van der Waals surface area contributed by atoms with Crippen molar-refractivity contribution in [2.45, 2.75) is 41.5 Å². The molecule has 0 bridgehead atoms. The van der Waals surface area contributed by atoms with Crippen molar-refractivity contribution in [1.29, 1.82) is 0 Å². The number of aryl methyl sites for hydroxylation is 6. The summed E-state index contributed by atoms with van der Waals surface area (Å²) in [6, 6.07) is 28.1. The first-order chi connectivity index (χ1) is 39.1. The molecule has 0 fully saturated rings. The van der Waals surface area contributed by atoms with Crippen molar-refractivity contribution in [3.63, 3.8) is 0 Å². The normalized spacial score (nSPS) is 11.4. The van der Waals surface area contributed by atoms with Crippen molar-refractivity contribution in [1.82, 2.24) is 54.8 Å². The molecule has 0 aliphatic rings. The van der Waals surface area contributed by atoms with Crippen LogP contribution in [0.3, 0.4) is 0 Å². The molecule has 0 aliphatic heterocycles.